The first-order chi connectivity index (χ1) is 9.74. The summed E-state index contributed by atoms with van der Waals surface area (Å²) < 4.78 is 14.8. The van der Waals surface area contributed by atoms with Gasteiger partial charge in [0, 0.05) is 38.0 Å². The Kier molecular flexibility index (Phi) is 6.13. The minimum atomic E-state index is -4.54. The van der Waals surface area contributed by atoms with Gasteiger partial charge < -0.3 is 14.7 Å². The highest BCUT2D eigenvalue weighted by Gasteiger charge is 2.33. The van der Waals surface area contributed by atoms with E-state index in [2.05, 4.69) is 14.5 Å². The Morgan fingerprint density at radius 2 is 2.38 bits per heavy atom. The molecule has 3 N–H and O–H groups in total. The van der Waals surface area contributed by atoms with Crippen molar-refractivity contribution in [1.82, 2.24) is 9.80 Å². The zero-order valence-corrected chi connectivity index (χ0v) is 12.3. The van der Waals surface area contributed by atoms with E-state index in [-0.39, 0.29) is 50.4 Å². The van der Waals surface area contributed by atoms with Crippen molar-refractivity contribution in [2.24, 2.45) is 11.0 Å². The molecule has 0 aliphatic carbocycles. The number of nitrogens with one attached hydrogen (secondary N) is 1. The molecule has 11 nitrogen and oxygen atoms in total. The van der Waals surface area contributed by atoms with Crippen molar-refractivity contribution in [2.75, 3.05) is 33.3 Å². The van der Waals surface area contributed by atoms with Crippen molar-refractivity contribution in [1.29, 1.82) is 5.41 Å². The van der Waals surface area contributed by atoms with Crippen LogP contribution in [0, 0.1) is 11.3 Å². The molecule has 0 radical (unpaired) electrons. The molecule has 118 valence electrons. The topological polar surface area (TPSA) is 163 Å². The molecule has 1 amide bonds. The highest BCUT2D eigenvalue weighted by atomic mass is 31.2. The molecule has 0 bridgehead atoms. The van der Waals surface area contributed by atoms with Crippen LogP contribution in [0.4, 0.5) is 0 Å². The van der Waals surface area contributed by atoms with E-state index in [0.29, 0.717) is 0 Å². The number of rotatable bonds is 6. The predicted octanol–water partition coefficient (Wildman–Crippen LogP) is 0.121. The number of likely N-dealkylation sites (N-methyl/N-ethyl adjacent to an activating group) is 1. The fourth-order valence-corrected chi connectivity index (χ4v) is 2.19. The third-order valence-corrected chi connectivity index (χ3v) is 3.43. The fourth-order valence-electron chi connectivity index (χ4n) is 1.87. The molecular formula is C9H17N6O5P. The zero-order valence-electron chi connectivity index (χ0n) is 11.4. The van der Waals surface area contributed by atoms with Crippen LogP contribution in [0.5, 0.6) is 0 Å². The fraction of sp³-hybridized carbons (Fsp3) is 0.778. The van der Waals surface area contributed by atoms with Crippen molar-refractivity contribution >= 4 is 19.7 Å². The second-order valence-corrected chi connectivity index (χ2v) is 5.80. The summed E-state index contributed by atoms with van der Waals surface area (Å²) in [5.74, 6) is -0.466. The molecular weight excluding hydrogens is 303 g/mol. The second-order valence-electron chi connectivity index (χ2n) is 4.56. The Morgan fingerprint density at radius 3 is 2.95 bits per heavy atom. The van der Waals surface area contributed by atoms with Crippen LogP contribution in [0.2, 0.25) is 0 Å². The van der Waals surface area contributed by atoms with Gasteiger partial charge in [0.25, 0.3) is 0 Å². The quantitative estimate of drug-likeness (QED) is 0.157. The maximum absolute atomic E-state index is 11.8. The summed E-state index contributed by atoms with van der Waals surface area (Å²) in [6.07, 6.45) is 0.203. The number of carbonyl (C=O) groups excluding carboxylic acids is 1. The minimum Gasteiger partial charge on any atom is -0.343 e. The van der Waals surface area contributed by atoms with Crippen LogP contribution in [0.1, 0.15) is 6.42 Å². The maximum atomic E-state index is 11.8. The Morgan fingerprint density at radius 1 is 1.71 bits per heavy atom. The number of likely N-dealkylation sites (tertiary alicyclic amines) is 1. The van der Waals surface area contributed by atoms with E-state index in [1.54, 1.807) is 0 Å². The first-order valence-corrected chi connectivity index (χ1v) is 7.58. The second kappa shape index (κ2) is 7.39. The zero-order chi connectivity index (χ0) is 16.0. The Labute approximate surface area is 120 Å². The van der Waals surface area contributed by atoms with E-state index in [9.17, 15) is 9.36 Å². The van der Waals surface area contributed by atoms with Crippen LogP contribution in [0.25, 0.3) is 10.4 Å². The Balaban J connectivity index is 2.48. The molecule has 1 saturated heterocycles. The molecule has 1 rings (SSSR count). The van der Waals surface area contributed by atoms with Crippen molar-refractivity contribution in [3.05, 3.63) is 10.4 Å². The van der Waals surface area contributed by atoms with Gasteiger partial charge >= 0.3 is 7.82 Å². The van der Waals surface area contributed by atoms with Crippen molar-refractivity contribution in [2.45, 2.75) is 6.42 Å². The molecule has 1 unspecified atom stereocenters. The molecule has 0 spiro atoms. The largest absolute Gasteiger partial charge is 0.469 e. The molecule has 0 aromatic heterocycles. The van der Waals surface area contributed by atoms with Gasteiger partial charge in [-0.15, -0.1) is 0 Å². The number of amides is 1. The van der Waals surface area contributed by atoms with E-state index < -0.39 is 7.82 Å². The van der Waals surface area contributed by atoms with Crippen molar-refractivity contribution < 1.29 is 23.7 Å². The van der Waals surface area contributed by atoms with Crippen molar-refractivity contribution in [3.8, 4) is 0 Å². The van der Waals surface area contributed by atoms with Crippen LogP contribution in [-0.2, 0) is 13.9 Å². The number of azide groups is 1. The number of phosphoric ester groups is 1. The first-order valence-electron chi connectivity index (χ1n) is 6.05. The third kappa shape index (κ3) is 5.70. The Bertz CT molecular complexity index is 501. The van der Waals surface area contributed by atoms with Gasteiger partial charge in [0.2, 0.25) is 5.91 Å². The monoisotopic (exact) mass is 320 g/mol. The number of hydrogen-bond acceptors (Lipinski definition) is 5. The molecule has 12 heteroatoms. The van der Waals surface area contributed by atoms with Crippen LogP contribution < -0.4 is 0 Å². The highest BCUT2D eigenvalue weighted by molar-refractivity contribution is 7.46. The van der Waals surface area contributed by atoms with E-state index >= 15 is 0 Å². The molecule has 0 aromatic carbocycles. The summed E-state index contributed by atoms with van der Waals surface area (Å²) in [6, 6.07) is 0. The van der Waals surface area contributed by atoms with Crippen LogP contribution in [0.3, 0.4) is 0 Å². The Hall–Kier alpha value is -1.64. The summed E-state index contributed by atoms with van der Waals surface area (Å²) >= 11 is 0. The van der Waals surface area contributed by atoms with Crippen LogP contribution in [-0.4, -0.2) is 64.7 Å². The smallest absolute Gasteiger partial charge is 0.343 e. The summed E-state index contributed by atoms with van der Waals surface area (Å²) in [4.78, 5) is 34.1. The molecule has 1 fully saturated rings. The molecule has 1 aliphatic rings. The number of phosphoric acid groups is 1. The molecule has 1 atom stereocenters. The van der Waals surface area contributed by atoms with Gasteiger partial charge in [-0.3, -0.25) is 19.6 Å². The standard InChI is InChI=1S/C9H17N6O5P/c1-14(2-3-20-21(17,18)19)9(10)15-6-7(4-8(15)16)5-12-13-11/h7,10H,2-6H2,1H3,(H2,17,18,19). The minimum absolute atomic E-state index is 0.0503. The summed E-state index contributed by atoms with van der Waals surface area (Å²) in [6.45, 7) is 0.250. The molecule has 0 aromatic rings. The normalized spacial score (nSPS) is 18.5. The molecule has 1 heterocycles. The van der Waals surface area contributed by atoms with E-state index in [1.165, 1.54) is 16.8 Å². The average molecular weight is 320 g/mol. The number of guanidine groups is 1. The van der Waals surface area contributed by atoms with E-state index in [0.717, 1.165) is 0 Å². The number of carbonyl (C=O) groups is 1. The van der Waals surface area contributed by atoms with Gasteiger partial charge in [0.1, 0.15) is 0 Å². The number of nitrogens with zero attached hydrogens (tertiary/aromatic N) is 5. The summed E-state index contributed by atoms with van der Waals surface area (Å²) in [5, 5.41) is 11.3. The van der Waals surface area contributed by atoms with E-state index in [4.69, 9.17) is 20.7 Å². The highest BCUT2D eigenvalue weighted by Crippen LogP contribution is 2.35. The van der Waals surface area contributed by atoms with E-state index in [1.807, 2.05) is 0 Å². The van der Waals surface area contributed by atoms with Crippen molar-refractivity contribution in [3.63, 3.8) is 0 Å². The third-order valence-electron chi connectivity index (χ3n) is 2.91. The van der Waals surface area contributed by atoms with Crippen LogP contribution >= 0.6 is 7.82 Å². The SMILES string of the molecule is CN(CCOP(=O)(O)O)C(=N)N1CC(CN=[N+]=[N-])CC1=O. The molecule has 21 heavy (non-hydrogen) atoms. The molecule has 0 saturated carbocycles. The van der Waals surface area contributed by atoms with Gasteiger partial charge in [-0.05, 0) is 11.4 Å². The van der Waals surface area contributed by atoms with Gasteiger partial charge in [0.05, 0.1) is 6.61 Å². The number of hydrogen-bond donors (Lipinski definition) is 3. The van der Waals surface area contributed by atoms with Crippen LogP contribution in [0.15, 0.2) is 5.11 Å². The first kappa shape index (κ1) is 17.4. The van der Waals surface area contributed by atoms with Gasteiger partial charge in [-0.25, -0.2) is 4.57 Å². The van der Waals surface area contributed by atoms with Gasteiger partial charge in [-0.1, -0.05) is 5.11 Å². The lowest BCUT2D eigenvalue weighted by atomic mass is 10.1. The summed E-state index contributed by atoms with van der Waals surface area (Å²) in [7, 11) is -3.02. The lowest BCUT2D eigenvalue weighted by Crippen LogP contribution is -2.43. The van der Waals surface area contributed by atoms with Gasteiger partial charge in [0.15, 0.2) is 5.96 Å². The van der Waals surface area contributed by atoms with Gasteiger partial charge in [-0.2, -0.15) is 0 Å². The summed E-state index contributed by atoms with van der Waals surface area (Å²) in [5.41, 5.74) is 8.25. The predicted molar refractivity (Wildman–Crippen MR) is 72.2 cm³/mol. The maximum Gasteiger partial charge on any atom is 0.469 e. The molecule has 1 aliphatic heterocycles. The lowest BCUT2D eigenvalue weighted by molar-refractivity contribution is -0.124. The lowest BCUT2D eigenvalue weighted by Gasteiger charge is -2.26. The average Bonchev–Trinajstić information content (AvgIpc) is 2.75.